The fraction of sp³-hybridized carbons (Fsp3) is 0.444. The second-order valence-corrected chi connectivity index (χ2v) is 5.70. The maximum atomic E-state index is 12.2. The van der Waals surface area contributed by atoms with Gasteiger partial charge in [-0.1, -0.05) is 19.4 Å². The van der Waals surface area contributed by atoms with Crippen LogP contribution in [-0.4, -0.2) is 24.5 Å². The predicted octanol–water partition coefficient (Wildman–Crippen LogP) is 2.69. The van der Waals surface area contributed by atoms with Crippen LogP contribution in [0.2, 0.25) is 0 Å². The van der Waals surface area contributed by atoms with Gasteiger partial charge in [-0.3, -0.25) is 9.59 Å². The first-order chi connectivity index (χ1) is 11.1. The van der Waals surface area contributed by atoms with Gasteiger partial charge < -0.3 is 15.0 Å². The van der Waals surface area contributed by atoms with Crippen molar-refractivity contribution in [3.05, 3.63) is 39.7 Å². The maximum absolute atomic E-state index is 12.2. The normalized spacial score (nSPS) is 10.7. The summed E-state index contributed by atoms with van der Waals surface area (Å²) in [6, 6.07) is 5.71. The average Bonchev–Trinajstić information content (AvgIpc) is 2.54. The van der Waals surface area contributed by atoms with Gasteiger partial charge in [0.15, 0.2) is 0 Å². The molecule has 0 radical (unpaired) electrons. The number of fused-ring (bicyclic) bond motifs is 1. The number of aryl methyl sites for hydroxylation is 1. The van der Waals surface area contributed by atoms with E-state index in [0.29, 0.717) is 36.2 Å². The molecule has 0 fully saturated rings. The van der Waals surface area contributed by atoms with Crippen LogP contribution >= 0.6 is 0 Å². The van der Waals surface area contributed by atoms with E-state index in [9.17, 15) is 9.59 Å². The van der Waals surface area contributed by atoms with E-state index in [-0.39, 0.29) is 11.5 Å². The Morgan fingerprint density at radius 1 is 1.35 bits per heavy atom. The van der Waals surface area contributed by atoms with Crippen molar-refractivity contribution in [2.45, 2.75) is 39.5 Å². The average molecular weight is 316 g/mol. The molecular weight excluding hydrogens is 292 g/mol. The van der Waals surface area contributed by atoms with Gasteiger partial charge in [-0.2, -0.15) is 0 Å². The third kappa shape index (κ3) is 4.12. The number of aromatic amines is 1. The lowest BCUT2D eigenvalue weighted by Gasteiger charge is -2.10. The fourth-order valence-corrected chi connectivity index (χ4v) is 2.57. The first kappa shape index (κ1) is 17.1. The zero-order valence-electron chi connectivity index (χ0n) is 14.0. The van der Waals surface area contributed by atoms with Gasteiger partial charge in [0.2, 0.25) is 5.91 Å². The summed E-state index contributed by atoms with van der Waals surface area (Å²) in [5, 5.41) is 3.83. The van der Waals surface area contributed by atoms with Gasteiger partial charge in [0.25, 0.3) is 5.56 Å². The zero-order chi connectivity index (χ0) is 16.8. The topological polar surface area (TPSA) is 71.2 Å². The highest BCUT2D eigenvalue weighted by molar-refractivity contribution is 5.87. The minimum atomic E-state index is -0.135. The van der Waals surface area contributed by atoms with Crippen LogP contribution < -0.4 is 15.6 Å². The summed E-state index contributed by atoms with van der Waals surface area (Å²) in [6.07, 6.45) is 2.95. The van der Waals surface area contributed by atoms with Crippen molar-refractivity contribution in [2.75, 3.05) is 13.7 Å². The SMILES string of the molecule is CCCCC(=O)NCCc1cc2c(C)ccc(OC)c2[nH]c1=O. The minimum absolute atomic E-state index is 0.0434. The van der Waals surface area contributed by atoms with E-state index < -0.39 is 0 Å². The molecule has 5 nitrogen and oxygen atoms in total. The van der Waals surface area contributed by atoms with E-state index in [1.165, 1.54) is 0 Å². The standard InChI is InChI=1S/C18H24N2O3/c1-4-5-6-16(21)19-10-9-13-11-14-12(2)7-8-15(23-3)17(14)20-18(13)22/h7-8,11H,4-6,9-10H2,1-3H3,(H,19,21)(H,20,22). The molecule has 0 aliphatic rings. The van der Waals surface area contributed by atoms with Crippen LogP contribution in [0, 0.1) is 6.92 Å². The highest BCUT2D eigenvalue weighted by Crippen LogP contribution is 2.25. The number of ether oxygens (including phenoxy) is 1. The van der Waals surface area contributed by atoms with Crippen LogP contribution in [0.25, 0.3) is 10.9 Å². The van der Waals surface area contributed by atoms with Crippen molar-refractivity contribution in [2.24, 2.45) is 0 Å². The van der Waals surface area contributed by atoms with Crippen LogP contribution in [0.15, 0.2) is 23.0 Å². The molecule has 0 atom stereocenters. The summed E-state index contributed by atoms with van der Waals surface area (Å²) in [5.41, 5.74) is 2.33. The lowest BCUT2D eigenvalue weighted by molar-refractivity contribution is -0.121. The first-order valence-electron chi connectivity index (χ1n) is 8.03. The monoisotopic (exact) mass is 316 g/mol. The van der Waals surface area contributed by atoms with Crippen LogP contribution in [0.5, 0.6) is 5.75 Å². The number of amides is 1. The second-order valence-electron chi connectivity index (χ2n) is 5.70. The number of nitrogens with one attached hydrogen (secondary N) is 2. The minimum Gasteiger partial charge on any atom is -0.495 e. The molecule has 2 aromatic rings. The Bertz CT molecular complexity index is 750. The highest BCUT2D eigenvalue weighted by Gasteiger charge is 2.09. The molecule has 0 saturated heterocycles. The van der Waals surface area contributed by atoms with Crippen molar-refractivity contribution >= 4 is 16.8 Å². The van der Waals surface area contributed by atoms with Crippen molar-refractivity contribution in [1.82, 2.24) is 10.3 Å². The van der Waals surface area contributed by atoms with Crippen molar-refractivity contribution < 1.29 is 9.53 Å². The van der Waals surface area contributed by atoms with E-state index in [1.54, 1.807) is 7.11 Å². The van der Waals surface area contributed by atoms with Crippen LogP contribution in [0.3, 0.4) is 0 Å². The molecule has 2 N–H and O–H groups in total. The molecule has 1 heterocycles. The number of hydrogen-bond acceptors (Lipinski definition) is 3. The molecule has 0 aliphatic carbocycles. The molecule has 0 bridgehead atoms. The number of benzene rings is 1. The number of aromatic nitrogens is 1. The maximum Gasteiger partial charge on any atom is 0.251 e. The smallest absolute Gasteiger partial charge is 0.251 e. The van der Waals surface area contributed by atoms with E-state index in [2.05, 4.69) is 17.2 Å². The summed E-state index contributed by atoms with van der Waals surface area (Å²) in [5.74, 6) is 0.698. The summed E-state index contributed by atoms with van der Waals surface area (Å²) in [7, 11) is 1.59. The van der Waals surface area contributed by atoms with Gasteiger partial charge in [0.1, 0.15) is 5.75 Å². The highest BCUT2D eigenvalue weighted by atomic mass is 16.5. The van der Waals surface area contributed by atoms with Gasteiger partial charge in [-0.05, 0) is 37.5 Å². The lowest BCUT2D eigenvalue weighted by atomic mass is 10.1. The zero-order valence-corrected chi connectivity index (χ0v) is 14.0. The van der Waals surface area contributed by atoms with Crippen molar-refractivity contribution in [3.8, 4) is 5.75 Å². The molecule has 1 aromatic heterocycles. The van der Waals surface area contributed by atoms with E-state index in [4.69, 9.17) is 4.74 Å². The number of rotatable bonds is 7. The van der Waals surface area contributed by atoms with Crippen molar-refractivity contribution in [3.63, 3.8) is 0 Å². The van der Waals surface area contributed by atoms with Crippen LogP contribution in [-0.2, 0) is 11.2 Å². The summed E-state index contributed by atoms with van der Waals surface area (Å²) in [4.78, 5) is 26.7. The number of unbranched alkanes of at least 4 members (excludes halogenated alkanes) is 1. The molecular formula is C18H24N2O3. The van der Waals surface area contributed by atoms with E-state index >= 15 is 0 Å². The molecule has 0 aliphatic heterocycles. The number of carbonyl (C=O) groups excluding carboxylic acids is 1. The third-order valence-electron chi connectivity index (χ3n) is 3.97. The first-order valence-corrected chi connectivity index (χ1v) is 8.03. The number of methoxy groups -OCH3 is 1. The molecule has 0 saturated carbocycles. The summed E-state index contributed by atoms with van der Waals surface area (Å²) < 4.78 is 5.30. The number of H-pyrrole nitrogens is 1. The Hall–Kier alpha value is -2.30. The molecule has 124 valence electrons. The van der Waals surface area contributed by atoms with Gasteiger partial charge in [0.05, 0.1) is 12.6 Å². The molecule has 1 amide bonds. The Labute approximate surface area is 136 Å². The predicted molar refractivity (Wildman–Crippen MR) is 92.1 cm³/mol. The summed E-state index contributed by atoms with van der Waals surface area (Å²) >= 11 is 0. The largest absolute Gasteiger partial charge is 0.495 e. The molecule has 5 heteroatoms. The Morgan fingerprint density at radius 2 is 2.13 bits per heavy atom. The Balaban J connectivity index is 2.16. The van der Waals surface area contributed by atoms with E-state index in [1.807, 2.05) is 25.1 Å². The molecule has 1 aromatic carbocycles. The molecule has 2 rings (SSSR count). The van der Waals surface area contributed by atoms with Gasteiger partial charge in [0, 0.05) is 23.9 Å². The number of hydrogen-bond donors (Lipinski definition) is 2. The van der Waals surface area contributed by atoms with Gasteiger partial charge >= 0.3 is 0 Å². The molecule has 23 heavy (non-hydrogen) atoms. The quantitative estimate of drug-likeness (QED) is 0.825. The fourth-order valence-electron chi connectivity index (χ4n) is 2.57. The number of pyridine rings is 1. The van der Waals surface area contributed by atoms with Crippen LogP contribution in [0.4, 0.5) is 0 Å². The molecule has 0 spiro atoms. The lowest BCUT2D eigenvalue weighted by Crippen LogP contribution is -2.27. The summed E-state index contributed by atoms with van der Waals surface area (Å²) in [6.45, 7) is 4.52. The van der Waals surface area contributed by atoms with E-state index in [0.717, 1.165) is 23.8 Å². The van der Waals surface area contributed by atoms with Gasteiger partial charge in [-0.15, -0.1) is 0 Å². The van der Waals surface area contributed by atoms with Crippen LogP contribution in [0.1, 0.15) is 37.3 Å². The second kappa shape index (κ2) is 7.81. The van der Waals surface area contributed by atoms with Crippen molar-refractivity contribution in [1.29, 1.82) is 0 Å². The molecule has 0 unspecified atom stereocenters. The number of carbonyl (C=O) groups is 1. The third-order valence-corrected chi connectivity index (χ3v) is 3.97. The van der Waals surface area contributed by atoms with Gasteiger partial charge in [-0.25, -0.2) is 0 Å². The Morgan fingerprint density at radius 3 is 2.83 bits per heavy atom. The Kier molecular flexibility index (Phi) is 5.79.